The van der Waals surface area contributed by atoms with E-state index in [-0.39, 0.29) is 94.1 Å². The number of methoxy groups -OCH3 is 1. The van der Waals surface area contributed by atoms with Crippen molar-refractivity contribution in [2.45, 2.75) is 94.8 Å². The minimum absolute atomic E-state index is 0.100. The van der Waals surface area contributed by atoms with E-state index in [9.17, 15) is 45.5 Å². The Hall–Kier alpha value is -11.1. The quantitative estimate of drug-likeness (QED) is 0.0186. The molecule has 600 valence electrons. The van der Waals surface area contributed by atoms with E-state index in [0.717, 1.165) is 102 Å². The number of hydrogen-bond acceptors (Lipinski definition) is 13. The van der Waals surface area contributed by atoms with E-state index in [1.165, 1.54) is 73.5 Å². The van der Waals surface area contributed by atoms with E-state index in [4.69, 9.17) is 44.9 Å². The first-order chi connectivity index (χ1) is 55.2. The average molecular weight is 1560 g/mol. The molecule has 27 heteroatoms. The number of amides is 4. The highest BCUT2D eigenvalue weighted by Gasteiger charge is 2.29. The van der Waals surface area contributed by atoms with Gasteiger partial charge < -0.3 is 91.4 Å². The second-order valence-corrected chi connectivity index (χ2v) is 28.9. The molecule has 21 nitrogen and oxygen atoms in total. The van der Waals surface area contributed by atoms with Crippen LogP contribution in [-0.4, -0.2) is 134 Å². The van der Waals surface area contributed by atoms with Crippen LogP contribution in [0.4, 0.5) is 26.3 Å². The van der Waals surface area contributed by atoms with Gasteiger partial charge in [0.05, 0.1) is 23.7 Å². The molecule has 2 fully saturated rings. The van der Waals surface area contributed by atoms with E-state index >= 15 is 0 Å². The fraction of sp³-hybridized carbons (Fsp3) is 0.310. The fourth-order valence-corrected chi connectivity index (χ4v) is 14.2. The summed E-state index contributed by atoms with van der Waals surface area (Å²) in [5.41, 5.74) is 50.7. The predicted octanol–water partition coefficient (Wildman–Crippen LogP) is 12.6. The average Bonchev–Trinajstić information content (AvgIpc) is 1.64. The third kappa shape index (κ3) is 21.4. The van der Waals surface area contributed by atoms with Gasteiger partial charge in [-0.2, -0.15) is 0 Å². The highest BCUT2D eigenvalue weighted by Crippen LogP contribution is 2.40. The summed E-state index contributed by atoms with van der Waals surface area (Å²) in [6.45, 7) is 4.67. The number of fused-ring (bicyclic) bond motifs is 4. The van der Waals surface area contributed by atoms with Crippen molar-refractivity contribution in [1.29, 1.82) is 0 Å². The molecule has 0 spiro atoms. The monoisotopic (exact) mass is 1560 g/mol. The number of halogens is 6. The van der Waals surface area contributed by atoms with E-state index in [2.05, 4.69) is 52.6 Å². The van der Waals surface area contributed by atoms with Gasteiger partial charge in [0, 0.05) is 94.1 Å². The van der Waals surface area contributed by atoms with Crippen LogP contribution in [0.15, 0.2) is 170 Å². The van der Waals surface area contributed by atoms with Crippen molar-refractivity contribution in [2.75, 3.05) is 66.0 Å². The van der Waals surface area contributed by atoms with Crippen LogP contribution in [0.25, 0.3) is 88.1 Å². The minimum Gasteiger partial charge on any atom is -0.495 e. The molecule has 0 unspecified atom stereocenters. The van der Waals surface area contributed by atoms with E-state index < -0.39 is 17.5 Å². The molecular formula is C87H100F6N16O5. The number of hydrogen-bond donors (Lipinski definition) is 16. The third-order valence-electron chi connectivity index (χ3n) is 20.5. The number of ether oxygens (including phenoxy) is 1. The summed E-state index contributed by atoms with van der Waals surface area (Å²) in [6.07, 6.45) is 10.1. The molecule has 2 aliphatic rings. The van der Waals surface area contributed by atoms with Gasteiger partial charge in [0.15, 0.2) is 0 Å². The standard InChI is InChI=1S/C25H31FN4O.C21H22F2N4O.C21H25FN4O2.C20H22F2N4O/c26-19-9-6-17(7-10-19)18-8-12-21-22(11-5-16-3-4-16)24(30-23(21)14-18)25(31)29-15-20(28)2-1-13-27;22-14-6-4-13(5-7-14)18-16-2-1-3-17(23)19(16)27-20(18)21(28)26-11-15-8-12(9-24)10-25-15;1-28-17-6-2-5-16-18(13-7-9-14(22)10-8-13)20(26-19(16)17)21(27)25-12-15(24)4-3-11-23;21-13-8-6-12(7-9-13)17-15-4-1-5-16(22)18(15)26-19(17)20(27)25-11-14(24)3-2-10-23/h6-10,12,14,16,20,30H,1-5,11,13,15,27-28H2,(H,29,31);1-7,12,15,25,27H,8-11,24H2,(H,26,28);2,5-10,15,26H,3-4,11-12,23-24H2,1H3,(H,25,27);1,4-9,14,26H,2-3,10-11,23-24H2,(H,25,27)/t20-;12-,15+;15-;14-/m0100/s1. The Morgan fingerprint density at radius 1 is 0.447 bits per heavy atom. The molecule has 0 radical (unpaired) electrons. The van der Waals surface area contributed by atoms with Gasteiger partial charge in [0.25, 0.3) is 23.6 Å². The van der Waals surface area contributed by atoms with Crippen LogP contribution in [0.3, 0.4) is 0 Å². The Bertz CT molecular complexity index is 5220. The zero-order valence-electron chi connectivity index (χ0n) is 63.6. The molecule has 12 aromatic rings. The zero-order chi connectivity index (χ0) is 81.0. The van der Waals surface area contributed by atoms with Crippen molar-refractivity contribution >= 4 is 67.2 Å². The Balaban J connectivity index is 0.000000150. The molecule has 14 rings (SSSR count). The molecule has 4 amide bonds. The fourth-order valence-electron chi connectivity index (χ4n) is 14.2. The Morgan fingerprint density at radius 3 is 1.25 bits per heavy atom. The summed E-state index contributed by atoms with van der Waals surface area (Å²) in [5.74, 6) is -1.55. The summed E-state index contributed by atoms with van der Waals surface area (Å²) in [5, 5.41) is 17.9. The minimum atomic E-state index is -0.463. The van der Waals surface area contributed by atoms with Gasteiger partial charge in [0.1, 0.15) is 63.4 Å². The van der Waals surface area contributed by atoms with E-state index in [1.807, 2.05) is 30.3 Å². The summed E-state index contributed by atoms with van der Waals surface area (Å²) in [7, 11) is 1.57. The highest BCUT2D eigenvalue weighted by atomic mass is 19.1. The van der Waals surface area contributed by atoms with Gasteiger partial charge in [-0.15, -0.1) is 0 Å². The van der Waals surface area contributed by atoms with Crippen LogP contribution in [0.2, 0.25) is 0 Å². The van der Waals surface area contributed by atoms with Crippen molar-refractivity contribution < 1.29 is 50.3 Å². The first kappa shape index (κ1) is 83.8. The van der Waals surface area contributed by atoms with Crippen LogP contribution < -0.4 is 71.5 Å². The highest BCUT2D eigenvalue weighted by molar-refractivity contribution is 6.13. The number of aromatic nitrogens is 4. The lowest BCUT2D eigenvalue weighted by Crippen LogP contribution is -2.37. The van der Waals surface area contributed by atoms with Gasteiger partial charge in [-0.25, -0.2) is 26.3 Å². The Labute approximate surface area is 657 Å². The van der Waals surface area contributed by atoms with Crippen LogP contribution in [0.5, 0.6) is 5.75 Å². The summed E-state index contributed by atoms with van der Waals surface area (Å²) < 4.78 is 87.3. The van der Waals surface area contributed by atoms with Gasteiger partial charge in [-0.05, 0) is 209 Å². The number of benzene rings is 8. The molecule has 5 heterocycles. The molecule has 1 aliphatic carbocycles. The first-order valence-corrected chi connectivity index (χ1v) is 38.6. The lowest BCUT2D eigenvalue weighted by atomic mass is 10.00. The number of aromatic amines is 4. The summed E-state index contributed by atoms with van der Waals surface area (Å²) in [4.78, 5) is 63.9. The Morgan fingerprint density at radius 2 is 0.842 bits per heavy atom. The molecule has 4 aromatic heterocycles. The molecule has 23 N–H and O–H groups in total. The number of nitrogens with two attached hydrogens (primary N) is 7. The van der Waals surface area contributed by atoms with Crippen LogP contribution in [0.1, 0.15) is 112 Å². The Kier molecular flexibility index (Phi) is 29.4. The second kappa shape index (κ2) is 40.0. The third-order valence-corrected chi connectivity index (χ3v) is 20.5. The summed E-state index contributed by atoms with van der Waals surface area (Å²) in [6, 6.07) is 44.7. The molecule has 5 atom stereocenters. The molecule has 1 saturated carbocycles. The van der Waals surface area contributed by atoms with Gasteiger partial charge in [-0.1, -0.05) is 110 Å². The number of aryl methyl sites for hydroxylation is 1. The van der Waals surface area contributed by atoms with Crippen LogP contribution in [0, 0.1) is 46.7 Å². The van der Waals surface area contributed by atoms with E-state index in [0.29, 0.717) is 119 Å². The number of rotatable bonds is 30. The van der Waals surface area contributed by atoms with Crippen molar-refractivity contribution in [2.24, 2.45) is 52.0 Å². The summed E-state index contributed by atoms with van der Waals surface area (Å²) >= 11 is 0. The first-order valence-electron chi connectivity index (χ1n) is 38.6. The molecule has 0 bridgehead atoms. The largest absolute Gasteiger partial charge is 0.495 e. The maximum absolute atomic E-state index is 14.3. The number of H-pyrrole nitrogens is 4. The van der Waals surface area contributed by atoms with Crippen molar-refractivity contribution in [3.63, 3.8) is 0 Å². The molecule has 1 saturated heterocycles. The second-order valence-electron chi connectivity index (χ2n) is 28.9. The van der Waals surface area contributed by atoms with Gasteiger partial charge >= 0.3 is 0 Å². The zero-order valence-corrected chi connectivity index (χ0v) is 63.6. The number of carbonyl (C=O) groups excluding carboxylic acids is 4. The van der Waals surface area contributed by atoms with Gasteiger partial charge in [0.2, 0.25) is 0 Å². The van der Waals surface area contributed by atoms with Crippen LogP contribution >= 0.6 is 0 Å². The topological polar surface area (TPSA) is 383 Å². The van der Waals surface area contributed by atoms with Crippen molar-refractivity contribution in [3.05, 3.63) is 233 Å². The smallest absolute Gasteiger partial charge is 0.268 e. The predicted molar refractivity (Wildman–Crippen MR) is 439 cm³/mol. The SMILES string of the molecule is COc1cccc2c(-c3ccc(F)cc3)c(C(=O)NC[C@@H](N)CCCN)[nH]c12.NCCC[C@H](N)CNC(=O)c1[nH]c2c(F)cccc2c1-c1ccc(F)cc1.NCCC[C@H](N)CNC(=O)c1[nH]c2cc(-c3ccc(F)cc3)ccc2c1CCC1CC1.NC[C@@H]1CN[C@H](CNC(=O)c2[nH]c3c(F)cccc3c2-c2ccc(F)cc2)C1. The van der Waals surface area contributed by atoms with Crippen LogP contribution in [-0.2, 0) is 6.42 Å². The van der Waals surface area contributed by atoms with E-state index in [1.54, 1.807) is 79.9 Å². The lowest BCUT2D eigenvalue weighted by Gasteiger charge is -2.12. The van der Waals surface area contributed by atoms with Gasteiger partial charge in [-0.3, -0.25) is 19.2 Å². The maximum Gasteiger partial charge on any atom is 0.268 e. The molecule has 114 heavy (non-hydrogen) atoms. The lowest BCUT2D eigenvalue weighted by molar-refractivity contribution is 0.0938. The maximum atomic E-state index is 14.3. The van der Waals surface area contributed by atoms with Crippen molar-refractivity contribution in [1.82, 2.24) is 46.5 Å². The number of nitrogens with one attached hydrogen (secondary N) is 9. The normalized spacial score (nSPS) is 14.6. The molecule has 8 aromatic carbocycles. The molecular weight excluding hydrogens is 1460 g/mol. The number of para-hydroxylation sites is 3. The van der Waals surface area contributed by atoms with Crippen molar-refractivity contribution in [3.8, 4) is 50.3 Å². The number of carbonyl (C=O) groups is 4. The molecule has 1 aliphatic heterocycles.